The Labute approximate surface area is 332 Å². The standard InChI is InChI=1S/C53H52N2O/c1-52(2,3)36-49(53(4,5)6)39-20-18-37(19-21-39)40-24-32-50-47(34-40)48-35-41(25-33-51(48)55(50)45-28-30-46(56-7)31-29-45)38-22-26-44(27-23-38)54(42-14-10-8-11-15-42)43-16-12-9-13-17-43/h8-35,49H,36H2,1-7H3. The van der Waals surface area contributed by atoms with Crippen LogP contribution in [0.3, 0.4) is 0 Å². The summed E-state index contributed by atoms with van der Waals surface area (Å²) >= 11 is 0. The molecule has 0 saturated carbocycles. The van der Waals surface area contributed by atoms with Gasteiger partial charge in [-0.1, -0.05) is 126 Å². The number of nitrogens with zero attached hydrogens (tertiary/aromatic N) is 2. The maximum Gasteiger partial charge on any atom is 0.119 e. The van der Waals surface area contributed by atoms with Gasteiger partial charge in [-0.15, -0.1) is 0 Å². The first-order valence-corrected chi connectivity index (χ1v) is 19.8. The highest BCUT2D eigenvalue weighted by Crippen LogP contribution is 2.44. The fourth-order valence-corrected chi connectivity index (χ4v) is 8.24. The van der Waals surface area contributed by atoms with Gasteiger partial charge in [0.15, 0.2) is 0 Å². The predicted octanol–water partition coefficient (Wildman–Crippen LogP) is 15.2. The maximum absolute atomic E-state index is 5.52. The third-order valence-corrected chi connectivity index (χ3v) is 11.1. The summed E-state index contributed by atoms with van der Waals surface area (Å²) in [5.41, 5.74) is 13.5. The molecule has 280 valence electrons. The van der Waals surface area contributed by atoms with Gasteiger partial charge in [-0.05, 0) is 136 Å². The summed E-state index contributed by atoms with van der Waals surface area (Å²) in [4.78, 5) is 2.30. The van der Waals surface area contributed by atoms with E-state index in [4.69, 9.17) is 4.74 Å². The Kier molecular flexibility index (Phi) is 9.80. The Balaban J connectivity index is 1.21. The van der Waals surface area contributed by atoms with Crippen LogP contribution in [0.2, 0.25) is 0 Å². The molecule has 1 unspecified atom stereocenters. The first kappa shape index (κ1) is 36.9. The zero-order chi connectivity index (χ0) is 39.0. The van der Waals surface area contributed by atoms with Gasteiger partial charge in [-0.25, -0.2) is 0 Å². The van der Waals surface area contributed by atoms with Gasteiger partial charge in [-0.3, -0.25) is 0 Å². The molecule has 0 spiro atoms. The van der Waals surface area contributed by atoms with Crippen molar-refractivity contribution in [2.75, 3.05) is 12.0 Å². The highest BCUT2D eigenvalue weighted by Gasteiger charge is 2.30. The molecule has 3 heteroatoms. The highest BCUT2D eigenvalue weighted by atomic mass is 16.5. The van der Waals surface area contributed by atoms with E-state index in [1.807, 2.05) is 12.1 Å². The van der Waals surface area contributed by atoms with Gasteiger partial charge in [0.1, 0.15) is 5.75 Å². The van der Waals surface area contributed by atoms with Crippen molar-refractivity contribution in [3.8, 4) is 33.7 Å². The fraction of sp³-hybridized carbons (Fsp3) is 0.208. The van der Waals surface area contributed by atoms with Crippen molar-refractivity contribution in [2.45, 2.75) is 53.9 Å². The minimum atomic E-state index is 0.179. The van der Waals surface area contributed by atoms with Crippen LogP contribution in [0.25, 0.3) is 49.7 Å². The summed E-state index contributed by atoms with van der Waals surface area (Å²) < 4.78 is 7.89. The maximum atomic E-state index is 5.52. The number of anilines is 3. The molecule has 56 heavy (non-hydrogen) atoms. The van der Waals surface area contributed by atoms with Crippen molar-refractivity contribution in [2.24, 2.45) is 10.8 Å². The molecule has 1 aromatic heterocycles. The molecule has 0 aliphatic rings. The Bertz CT molecular complexity index is 2530. The van der Waals surface area contributed by atoms with Gasteiger partial charge in [0.2, 0.25) is 0 Å². The SMILES string of the molecule is COc1ccc(-n2c3ccc(-c4ccc(C(CC(C)(C)C)C(C)(C)C)cc4)cc3c3cc(-c4ccc(N(c5ccccc5)c5ccccc5)cc4)ccc32)cc1. The lowest BCUT2D eigenvalue weighted by Gasteiger charge is -2.36. The number of fused-ring (bicyclic) bond motifs is 3. The monoisotopic (exact) mass is 732 g/mol. The van der Waals surface area contributed by atoms with Crippen LogP contribution < -0.4 is 9.64 Å². The molecule has 0 radical (unpaired) electrons. The van der Waals surface area contributed by atoms with Gasteiger partial charge >= 0.3 is 0 Å². The summed E-state index contributed by atoms with van der Waals surface area (Å²) in [7, 11) is 1.71. The second-order valence-electron chi connectivity index (χ2n) is 17.4. The van der Waals surface area contributed by atoms with E-state index in [2.05, 4.69) is 209 Å². The molecule has 8 rings (SSSR count). The van der Waals surface area contributed by atoms with Crippen molar-refractivity contribution in [3.05, 3.63) is 175 Å². The Morgan fingerprint density at radius 3 is 1.39 bits per heavy atom. The van der Waals surface area contributed by atoms with E-state index in [0.717, 1.165) is 34.9 Å². The lowest BCUT2D eigenvalue weighted by Crippen LogP contribution is -2.23. The van der Waals surface area contributed by atoms with Gasteiger partial charge < -0.3 is 14.2 Å². The van der Waals surface area contributed by atoms with Crippen LogP contribution in [0.1, 0.15) is 59.4 Å². The summed E-state index contributed by atoms with van der Waals surface area (Å²) in [5, 5.41) is 2.46. The zero-order valence-corrected chi connectivity index (χ0v) is 33.8. The summed E-state index contributed by atoms with van der Waals surface area (Å²) in [6, 6.07) is 61.7. The summed E-state index contributed by atoms with van der Waals surface area (Å²) in [6.45, 7) is 14.2. The molecule has 3 nitrogen and oxygen atoms in total. The van der Waals surface area contributed by atoms with Crippen LogP contribution >= 0.6 is 0 Å². The van der Waals surface area contributed by atoms with E-state index in [1.165, 1.54) is 49.6 Å². The smallest absolute Gasteiger partial charge is 0.119 e. The second-order valence-corrected chi connectivity index (χ2v) is 17.4. The van der Waals surface area contributed by atoms with Gasteiger partial charge in [0.05, 0.1) is 18.1 Å². The molecule has 0 fully saturated rings. The number of ether oxygens (including phenoxy) is 1. The van der Waals surface area contributed by atoms with Crippen LogP contribution in [-0.4, -0.2) is 11.7 Å². The Morgan fingerprint density at radius 2 is 0.946 bits per heavy atom. The lowest BCUT2D eigenvalue weighted by molar-refractivity contribution is 0.229. The molecule has 7 aromatic carbocycles. The molecule has 0 saturated heterocycles. The van der Waals surface area contributed by atoms with E-state index in [1.54, 1.807) is 7.11 Å². The van der Waals surface area contributed by atoms with Crippen molar-refractivity contribution >= 4 is 38.9 Å². The van der Waals surface area contributed by atoms with Crippen molar-refractivity contribution in [1.29, 1.82) is 0 Å². The third-order valence-electron chi connectivity index (χ3n) is 11.1. The van der Waals surface area contributed by atoms with E-state index in [9.17, 15) is 0 Å². The van der Waals surface area contributed by atoms with E-state index in [-0.39, 0.29) is 10.8 Å². The lowest BCUT2D eigenvalue weighted by atomic mass is 9.69. The second kappa shape index (κ2) is 14.9. The summed E-state index contributed by atoms with van der Waals surface area (Å²) in [6.07, 6.45) is 1.15. The number of aromatic nitrogens is 1. The molecular weight excluding hydrogens is 681 g/mol. The van der Waals surface area contributed by atoms with Crippen LogP contribution in [-0.2, 0) is 0 Å². The van der Waals surface area contributed by atoms with E-state index in [0.29, 0.717) is 5.92 Å². The number of hydrogen-bond donors (Lipinski definition) is 0. The number of hydrogen-bond acceptors (Lipinski definition) is 2. The van der Waals surface area contributed by atoms with Gasteiger partial charge in [-0.2, -0.15) is 0 Å². The van der Waals surface area contributed by atoms with E-state index < -0.39 is 0 Å². The molecule has 0 aliphatic heterocycles. The number of rotatable bonds is 9. The first-order chi connectivity index (χ1) is 27.0. The van der Waals surface area contributed by atoms with Crippen molar-refractivity contribution in [3.63, 3.8) is 0 Å². The van der Waals surface area contributed by atoms with Crippen LogP contribution in [0.5, 0.6) is 5.75 Å². The van der Waals surface area contributed by atoms with Gasteiger partial charge in [0.25, 0.3) is 0 Å². The average molecular weight is 733 g/mol. The number of para-hydroxylation sites is 2. The molecule has 0 amide bonds. The molecule has 1 atom stereocenters. The van der Waals surface area contributed by atoms with Crippen molar-refractivity contribution in [1.82, 2.24) is 4.57 Å². The summed E-state index contributed by atoms with van der Waals surface area (Å²) in [5.74, 6) is 1.33. The number of benzene rings is 7. The molecular formula is C53H52N2O. The van der Waals surface area contributed by atoms with Crippen LogP contribution in [0.15, 0.2) is 170 Å². The highest BCUT2D eigenvalue weighted by molar-refractivity contribution is 6.11. The molecule has 0 aliphatic carbocycles. The average Bonchev–Trinajstić information content (AvgIpc) is 3.53. The minimum absolute atomic E-state index is 0.179. The number of methoxy groups -OCH3 is 1. The molecule has 0 N–H and O–H groups in total. The van der Waals surface area contributed by atoms with Crippen LogP contribution in [0.4, 0.5) is 17.1 Å². The predicted molar refractivity (Wildman–Crippen MR) is 239 cm³/mol. The van der Waals surface area contributed by atoms with E-state index >= 15 is 0 Å². The van der Waals surface area contributed by atoms with Crippen LogP contribution in [0, 0.1) is 10.8 Å². The molecule has 8 aromatic rings. The quantitative estimate of drug-likeness (QED) is 0.147. The first-order valence-electron chi connectivity index (χ1n) is 19.8. The Morgan fingerprint density at radius 1 is 0.500 bits per heavy atom. The fourth-order valence-electron chi connectivity index (χ4n) is 8.24. The third kappa shape index (κ3) is 7.47. The van der Waals surface area contributed by atoms with Crippen molar-refractivity contribution < 1.29 is 4.74 Å². The normalized spacial score (nSPS) is 12.6. The zero-order valence-electron chi connectivity index (χ0n) is 33.8. The molecule has 0 bridgehead atoms. The topological polar surface area (TPSA) is 17.4 Å². The minimum Gasteiger partial charge on any atom is -0.497 e. The Hall–Kier alpha value is -6.06. The molecule has 1 heterocycles. The largest absolute Gasteiger partial charge is 0.497 e. The van der Waals surface area contributed by atoms with Gasteiger partial charge in [0, 0.05) is 33.5 Å².